The largest absolute Gasteiger partial charge is 0.464 e. The molecule has 0 spiro atoms. The lowest BCUT2D eigenvalue weighted by Crippen LogP contribution is -2.12. The van der Waals surface area contributed by atoms with Gasteiger partial charge >= 0.3 is 5.97 Å². The van der Waals surface area contributed by atoms with Crippen LogP contribution in [0.15, 0.2) is 0 Å². The Labute approximate surface area is 106 Å². The van der Waals surface area contributed by atoms with Crippen LogP contribution in [0.4, 0.5) is 0 Å². The maximum absolute atomic E-state index is 11.6. The number of hydrogen-bond acceptors (Lipinski definition) is 5. The Morgan fingerprint density at radius 2 is 2.22 bits per heavy atom. The molecule has 1 aromatic rings. The zero-order valence-corrected chi connectivity index (χ0v) is 10.9. The fourth-order valence-corrected chi connectivity index (χ4v) is 1.93. The highest BCUT2D eigenvalue weighted by Crippen LogP contribution is 2.32. The van der Waals surface area contributed by atoms with Gasteiger partial charge in [0.2, 0.25) is 0 Å². The van der Waals surface area contributed by atoms with Crippen molar-refractivity contribution in [3.05, 3.63) is 11.4 Å². The van der Waals surface area contributed by atoms with Gasteiger partial charge in [-0.2, -0.15) is 0 Å². The van der Waals surface area contributed by atoms with Gasteiger partial charge in [0.25, 0.3) is 0 Å². The molecule has 1 saturated carbocycles. The second-order valence-electron chi connectivity index (χ2n) is 4.57. The minimum absolute atomic E-state index is 0.311. The third-order valence-corrected chi connectivity index (χ3v) is 3.21. The second kappa shape index (κ2) is 5.95. The van der Waals surface area contributed by atoms with E-state index >= 15 is 0 Å². The van der Waals surface area contributed by atoms with Crippen molar-refractivity contribution in [3.8, 4) is 0 Å². The minimum Gasteiger partial charge on any atom is -0.464 e. The number of aryl methyl sites for hydroxylation is 1. The Hall–Kier alpha value is -1.43. The van der Waals surface area contributed by atoms with E-state index in [1.54, 1.807) is 7.11 Å². The second-order valence-corrected chi connectivity index (χ2v) is 4.57. The number of carbonyl (C=O) groups excluding carboxylic acids is 1. The Kier molecular flexibility index (Phi) is 4.30. The van der Waals surface area contributed by atoms with Gasteiger partial charge in [-0.1, -0.05) is 18.1 Å². The standard InChI is InChI=1S/C12H19N3O3/c1-17-8-6-10-11(12(16)18-2)13-14-15(10)7-5-9-3-4-9/h9H,3-8H2,1-2H3. The van der Waals surface area contributed by atoms with Crippen LogP contribution in [0.5, 0.6) is 0 Å². The molecule has 0 atom stereocenters. The van der Waals surface area contributed by atoms with E-state index in [-0.39, 0.29) is 0 Å². The molecule has 6 nitrogen and oxygen atoms in total. The normalized spacial score (nSPS) is 14.8. The van der Waals surface area contributed by atoms with Gasteiger partial charge in [-0.05, 0) is 12.3 Å². The fourth-order valence-electron chi connectivity index (χ4n) is 1.93. The Bertz CT molecular complexity index is 413. The van der Waals surface area contributed by atoms with Gasteiger partial charge in [0, 0.05) is 20.1 Å². The van der Waals surface area contributed by atoms with Gasteiger partial charge in [0.15, 0.2) is 5.69 Å². The van der Waals surface area contributed by atoms with Crippen molar-refractivity contribution < 1.29 is 14.3 Å². The molecule has 18 heavy (non-hydrogen) atoms. The number of ether oxygens (including phenoxy) is 2. The zero-order valence-electron chi connectivity index (χ0n) is 10.9. The van der Waals surface area contributed by atoms with E-state index in [2.05, 4.69) is 10.3 Å². The number of hydrogen-bond donors (Lipinski definition) is 0. The molecule has 0 unspecified atom stereocenters. The van der Waals surface area contributed by atoms with Crippen LogP contribution in [0.3, 0.4) is 0 Å². The van der Waals surface area contributed by atoms with Crippen molar-refractivity contribution in [2.75, 3.05) is 20.8 Å². The zero-order chi connectivity index (χ0) is 13.0. The lowest BCUT2D eigenvalue weighted by atomic mass is 10.2. The Morgan fingerprint density at radius 3 is 2.83 bits per heavy atom. The van der Waals surface area contributed by atoms with Gasteiger partial charge in [-0.25, -0.2) is 9.48 Å². The van der Waals surface area contributed by atoms with Gasteiger partial charge in [0.05, 0.1) is 19.4 Å². The smallest absolute Gasteiger partial charge is 0.360 e. The lowest BCUT2D eigenvalue weighted by Gasteiger charge is -2.06. The summed E-state index contributed by atoms with van der Waals surface area (Å²) in [5.41, 5.74) is 1.12. The molecule has 0 N–H and O–H groups in total. The van der Waals surface area contributed by atoms with Gasteiger partial charge in [-0.3, -0.25) is 0 Å². The fraction of sp³-hybridized carbons (Fsp3) is 0.750. The first kappa shape index (κ1) is 13.0. The molecule has 0 aromatic carbocycles. The summed E-state index contributed by atoms with van der Waals surface area (Å²) in [6.07, 6.45) is 4.35. The highest BCUT2D eigenvalue weighted by atomic mass is 16.5. The summed E-state index contributed by atoms with van der Waals surface area (Å²) in [7, 11) is 2.99. The first-order valence-corrected chi connectivity index (χ1v) is 6.26. The van der Waals surface area contributed by atoms with E-state index in [0.717, 1.165) is 24.6 Å². The van der Waals surface area contributed by atoms with Crippen LogP contribution in [0, 0.1) is 5.92 Å². The molecule has 2 rings (SSSR count). The van der Waals surface area contributed by atoms with E-state index in [1.165, 1.54) is 20.0 Å². The molecule has 0 aliphatic heterocycles. The molecule has 0 radical (unpaired) electrons. The first-order valence-electron chi connectivity index (χ1n) is 6.26. The summed E-state index contributed by atoms with van der Waals surface area (Å²) < 4.78 is 11.6. The van der Waals surface area contributed by atoms with Crippen molar-refractivity contribution in [2.45, 2.75) is 32.2 Å². The third-order valence-electron chi connectivity index (χ3n) is 3.21. The molecular weight excluding hydrogens is 234 g/mol. The van der Waals surface area contributed by atoms with E-state index in [4.69, 9.17) is 9.47 Å². The lowest BCUT2D eigenvalue weighted by molar-refractivity contribution is 0.0592. The van der Waals surface area contributed by atoms with E-state index in [9.17, 15) is 4.79 Å². The molecule has 0 saturated heterocycles. The monoisotopic (exact) mass is 253 g/mol. The van der Waals surface area contributed by atoms with E-state index in [0.29, 0.717) is 18.7 Å². The Balaban J connectivity index is 2.10. The molecule has 1 aliphatic rings. The van der Waals surface area contributed by atoms with Crippen molar-refractivity contribution in [3.63, 3.8) is 0 Å². The average molecular weight is 253 g/mol. The number of carbonyl (C=O) groups is 1. The van der Waals surface area contributed by atoms with Crippen LogP contribution >= 0.6 is 0 Å². The average Bonchev–Trinajstić information content (AvgIpc) is 3.13. The third kappa shape index (κ3) is 3.07. The number of nitrogens with zero attached hydrogens (tertiary/aromatic N) is 3. The summed E-state index contributed by atoms with van der Waals surface area (Å²) in [5, 5.41) is 7.97. The maximum Gasteiger partial charge on any atom is 0.360 e. The number of esters is 1. The number of methoxy groups -OCH3 is 2. The van der Waals surface area contributed by atoms with Crippen molar-refractivity contribution in [1.29, 1.82) is 0 Å². The molecule has 1 aromatic heterocycles. The molecule has 6 heteroatoms. The summed E-state index contributed by atoms with van der Waals surface area (Å²) in [5.74, 6) is 0.393. The molecule has 1 heterocycles. The van der Waals surface area contributed by atoms with Crippen LogP contribution in [0.2, 0.25) is 0 Å². The SMILES string of the molecule is COCCc1c(C(=O)OC)nnn1CCC1CC1. The Morgan fingerprint density at radius 1 is 1.44 bits per heavy atom. The molecule has 1 fully saturated rings. The predicted molar refractivity (Wildman–Crippen MR) is 64.3 cm³/mol. The maximum atomic E-state index is 11.6. The molecular formula is C12H19N3O3. The van der Waals surface area contributed by atoms with E-state index in [1.807, 2.05) is 4.68 Å². The van der Waals surface area contributed by atoms with E-state index < -0.39 is 5.97 Å². The quantitative estimate of drug-likeness (QED) is 0.680. The van der Waals surface area contributed by atoms with Crippen LogP contribution in [0.1, 0.15) is 35.4 Å². The van der Waals surface area contributed by atoms with Crippen molar-refractivity contribution in [1.82, 2.24) is 15.0 Å². The molecule has 1 aliphatic carbocycles. The van der Waals surface area contributed by atoms with Crippen molar-refractivity contribution >= 4 is 5.97 Å². The van der Waals surface area contributed by atoms with Gasteiger partial charge < -0.3 is 9.47 Å². The van der Waals surface area contributed by atoms with Crippen LogP contribution in [0.25, 0.3) is 0 Å². The van der Waals surface area contributed by atoms with Crippen LogP contribution < -0.4 is 0 Å². The highest BCUT2D eigenvalue weighted by Gasteiger charge is 2.24. The highest BCUT2D eigenvalue weighted by molar-refractivity contribution is 5.88. The minimum atomic E-state index is -0.432. The van der Waals surface area contributed by atoms with Crippen LogP contribution in [-0.2, 0) is 22.4 Å². The summed E-state index contributed by atoms with van der Waals surface area (Å²) in [6, 6.07) is 0. The molecule has 100 valence electrons. The van der Waals surface area contributed by atoms with Gasteiger partial charge in [-0.15, -0.1) is 5.10 Å². The summed E-state index contributed by atoms with van der Waals surface area (Å²) in [6.45, 7) is 1.36. The summed E-state index contributed by atoms with van der Waals surface area (Å²) >= 11 is 0. The topological polar surface area (TPSA) is 66.2 Å². The number of rotatable bonds is 7. The number of aromatic nitrogens is 3. The first-order chi connectivity index (χ1) is 8.76. The van der Waals surface area contributed by atoms with Crippen LogP contribution in [-0.4, -0.2) is 41.8 Å². The molecule has 0 amide bonds. The molecule has 0 bridgehead atoms. The predicted octanol–water partition coefficient (Wildman–Crippen LogP) is 1.05. The van der Waals surface area contributed by atoms with Gasteiger partial charge in [0.1, 0.15) is 0 Å². The van der Waals surface area contributed by atoms with Crippen molar-refractivity contribution in [2.24, 2.45) is 5.92 Å². The summed E-state index contributed by atoms with van der Waals surface area (Å²) in [4.78, 5) is 11.6.